The molecule has 0 aromatic heterocycles. The fourth-order valence-electron chi connectivity index (χ4n) is 2.47. The molecule has 19 heavy (non-hydrogen) atoms. The standard InChI is InChI=1S/C14H16BrClFNO/c15-11-7-9(5-6-12(11)17)14(19)18-13-4-2-1-3-10(13)8-16/h5-7,10,13H,1-4,8H2,(H,18,19). The van der Waals surface area contributed by atoms with Crippen molar-refractivity contribution in [1.29, 1.82) is 0 Å². The number of amides is 1. The van der Waals surface area contributed by atoms with Crippen molar-refractivity contribution in [3.8, 4) is 0 Å². The van der Waals surface area contributed by atoms with Crippen LogP contribution in [0, 0.1) is 11.7 Å². The number of benzene rings is 1. The second kappa shape index (κ2) is 6.71. The third-order valence-electron chi connectivity index (χ3n) is 3.61. The summed E-state index contributed by atoms with van der Waals surface area (Å²) in [6.07, 6.45) is 4.31. The van der Waals surface area contributed by atoms with Crippen LogP contribution in [0.5, 0.6) is 0 Å². The molecule has 0 saturated heterocycles. The highest BCUT2D eigenvalue weighted by atomic mass is 79.9. The summed E-state index contributed by atoms with van der Waals surface area (Å²) in [5, 5.41) is 3.02. The van der Waals surface area contributed by atoms with Gasteiger partial charge in [-0.2, -0.15) is 0 Å². The summed E-state index contributed by atoms with van der Waals surface area (Å²) in [7, 11) is 0. The number of alkyl halides is 1. The summed E-state index contributed by atoms with van der Waals surface area (Å²) in [6, 6.07) is 4.42. The maximum absolute atomic E-state index is 13.1. The second-order valence-corrected chi connectivity index (χ2v) is 6.07. The van der Waals surface area contributed by atoms with Crippen LogP contribution in [0.25, 0.3) is 0 Å². The predicted molar refractivity (Wildman–Crippen MR) is 78.0 cm³/mol. The SMILES string of the molecule is O=C(NC1CCCCC1CCl)c1ccc(F)c(Br)c1. The van der Waals surface area contributed by atoms with E-state index in [2.05, 4.69) is 21.2 Å². The minimum absolute atomic E-state index is 0.127. The molecule has 1 aliphatic carbocycles. The van der Waals surface area contributed by atoms with Gasteiger partial charge in [-0.15, -0.1) is 11.6 Å². The number of carbonyl (C=O) groups excluding carboxylic acids is 1. The molecule has 1 N–H and O–H groups in total. The largest absolute Gasteiger partial charge is 0.349 e. The Kier molecular flexibility index (Phi) is 5.22. The molecule has 2 unspecified atom stereocenters. The average Bonchev–Trinajstić information content (AvgIpc) is 2.42. The van der Waals surface area contributed by atoms with E-state index < -0.39 is 0 Å². The smallest absolute Gasteiger partial charge is 0.251 e. The molecular formula is C14H16BrClFNO. The van der Waals surface area contributed by atoms with E-state index >= 15 is 0 Å². The normalized spacial score (nSPS) is 23.1. The van der Waals surface area contributed by atoms with Crippen molar-refractivity contribution in [3.63, 3.8) is 0 Å². The number of nitrogens with one attached hydrogen (secondary N) is 1. The van der Waals surface area contributed by atoms with Gasteiger partial charge in [0, 0.05) is 17.5 Å². The summed E-state index contributed by atoms with van der Waals surface area (Å²) in [4.78, 5) is 12.1. The summed E-state index contributed by atoms with van der Waals surface area (Å²) >= 11 is 9.03. The Hall–Kier alpha value is -0.610. The maximum Gasteiger partial charge on any atom is 0.251 e. The number of rotatable bonds is 3. The van der Waals surface area contributed by atoms with Crippen LogP contribution in [0.3, 0.4) is 0 Å². The molecule has 1 saturated carbocycles. The topological polar surface area (TPSA) is 29.1 Å². The molecule has 0 bridgehead atoms. The first-order valence-electron chi connectivity index (χ1n) is 6.43. The van der Waals surface area contributed by atoms with E-state index in [0.717, 1.165) is 19.3 Å². The lowest BCUT2D eigenvalue weighted by Crippen LogP contribution is -2.42. The fourth-order valence-corrected chi connectivity index (χ4v) is 3.22. The lowest BCUT2D eigenvalue weighted by Gasteiger charge is -2.30. The van der Waals surface area contributed by atoms with Gasteiger partial charge in [0.05, 0.1) is 4.47 Å². The molecule has 5 heteroatoms. The third-order valence-corrected chi connectivity index (χ3v) is 4.61. The molecule has 0 radical (unpaired) electrons. The molecule has 104 valence electrons. The highest BCUT2D eigenvalue weighted by Gasteiger charge is 2.26. The van der Waals surface area contributed by atoms with Crippen molar-refractivity contribution in [2.75, 3.05) is 5.88 Å². The predicted octanol–water partition coefficient (Wildman–Crippen LogP) is 4.12. The lowest BCUT2D eigenvalue weighted by atomic mass is 9.85. The Morgan fingerprint density at radius 1 is 1.42 bits per heavy atom. The Bertz CT molecular complexity index is 469. The van der Waals surface area contributed by atoms with Gasteiger partial charge in [0.25, 0.3) is 5.91 Å². The van der Waals surface area contributed by atoms with Crippen molar-refractivity contribution < 1.29 is 9.18 Å². The van der Waals surface area contributed by atoms with Crippen molar-refractivity contribution in [2.24, 2.45) is 5.92 Å². The van der Waals surface area contributed by atoms with E-state index in [4.69, 9.17) is 11.6 Å². The van der Waals surface area contributed by atoms with Crippen LogP contribution in [0.2, 0.25) is 0 Å². The van der Waals surface area contributed by atoms with E-state index in [1.807, 2.05) is 0 Å². The van der Waals surface area contributed by atoms with Crippen molar-refractivity contribution in [3.05, 3.63) is 34.1 Å². The van der Waals surface area contributed by atoms with E-state index in [9.17, 15) is 9.18 Å². The van der Waals surface area contributed by atoms with E-state index in [1.54, 1.807) is 0 Å². The molecule has 1 aromatic carbocycles. The molecule has 2 nitrogen and oxygen atoms in total. The maximum atomic E-state index is 13.1. The van der Waals surface area contributed by atoms with Gasteiger partial charge in [-0.1, -0.05) is 12.8 Å². The van der Waals surface area contributed by atoms with Crippen LogP contribution in [-0.4, -0.2) is 17.8 Å². The summed E-state index contributed by atoms with van der Waals surface area (Å²) in [5.41, 5.74) is 0.465. The van der Waals surface area contributed by atoms with Gasteiger partial charge in [-0.05, 0) is 52.9 Å². The molecule has 0 heterocycles. The summed E-state index contributed by atoms with van der Waals surface area (Å²) in [5.74, 6) is 0.372. The van der Waals surface area contributed by atoms with Crippen LogP contribution < -0.4 is 5.32 Å². The van der Waals surface area contributed by atoms with Gasteiger partial charge in [-0.25, -0.2) is 4.39 Å². The summed E-state index contributed by atoms with van der Waals surface area (Å²) < 4.78 is 13.4. The van der Waals surface area contributed by atoms with E-state index in [0.29, 0.717) is 21.8 Å². The Labute approximate surface area is 125 Å². The molecule has 1 fully saturated rings. The molecule has 1 amide bonds. The van der Waals surface area contributed by atoms with E-state index in [1.165, 1.54) is 24.6 Å². The molecular weight excluding hydrogens is 333 g/mol. The Morgan fingerprint density at radius 2 is 2.16 bits per heavy atom. The van der Waals surface area contributed by atoms with Gasteiger partial charge in [-0.3, -0.25) is 4.79 Å². The van der Waals surface area contributed by atoms with Crippen LogP contribution in [0.1, 0.15) is 36.0 Å². The van der Waals surface area contributed by atoms with Crippen LogP contribution >= 0.6 is 27.5 Å². The number of carbonyl (C=O) groups is 1. The Morgan fingerprint density at radius 3 is 2.84 bits per heavy atom. The number of hydrogen-bond acceptors (Lipinski definition) is 1. The molecule has 0 aliphatic heterocycles. The second-order valence-electron chi connectivity index (χ2n) is 4.91. The Balaban J connectivity index is 2.05. The molecule has 2 rings (SSSR count). The zero-order chi connectivity index (χ0) is 13.8. The van der Waals surface area contributed by atoms with Gasteiger partial charge >= 0.3 is 0 Å². The monoisotopic (exact) mass is 347 g/mol. The lowest BCUT2D eigenvalue weighted by molar-refractivity contribution is 0.0911. The minimum Gasteiger partial charge on any atom is -0.349 e. The van der Waals surface area contributed by atoms with Crippen molar-refractivity contribution >= 4 is 33.4 Å². The van der Waals surface area contributed by atoms with Crippen LogP contribution in [-0.2, 0) is 0 Å². The highest BCUT2D eigenvalue weighted by molar-refractivity contribution is 9.10. The third kappa shape index (κ3) is 3.69. The highest BCUT2D eigenvalue weighted by Crippen LogP contribution is 2.26. The quantitative estimate of drug-likeness (QED) is 0.818. The van der Waals surface area contributed by atoms with Crippen LogP contribution in [0.4, 0.5) is 4.39 Å². The first-order valence-corrected chi connectivity index (χ1v) is 7.76. The van der Waals surface area contributed by atoms with Gasteiger partial charge in [0.2, 0.25) is 0 Å². The number of halogens is 3. The van der Waals surface area contributed by atoms with Crippen LogP contribution in [0.15, 0.2) is 22.7 Å². The zero-order valence-corrected chi connectivity index (χ0v) is 12.8. The summed E-state index contributed by atoms with van der Waals surface area (Å²) in [6.45, 7) is 0. The molecule has 0 spiro atoms. The molecule has 1 aliphatic rings. The van der Waals surface area contributed by atoms with Gasteiger partial charge in [0.1, 0.15) is 5.82 Å². The average molecular weight is 349 g/mol. The fraction of sp³-hybridized carbons (Fsp3) is 0.500. The van der Waals surface area contributed by atoms with E-state index in [-0.39, 0.29) is 17.8 Å². The first-order chi connectivity index (χ1) is 9.11. The number of hydrogen-bond donors (Lipinski definition) is 1. The first kappa shape index (κ1) is 14.8. The van der Waals surface area contributed by atoms with Crippen molar-refractivity contribution in [1.82, 2.24) is 5.32 Å². The van der Waals surface area contributed by atoms with Gasteiger partial charge < -0.3 is 5.32 Å². The minimum atomic E-state index is -0.368. The zero-order valence-electron chi connectivity index (χ0n) is 10.5. The molecule has 1 aromatic rings. The van der Waals surface area contributed by atoms with Crippen molar-refractivity contribution in [2.45, 2.75) is 31.7 Å². The molecule has 2 atom stereocenters. The van der Waals surface area contributed by atoms with Gasteiger partial charge in [0.15, 0.2) is 0 Å².